The molecule has 2 heterocycles. The number of rotatable bonds is 6. The molecule has 0 spiro atoms. The van der Waals surface area contributed by atoms with Gasteiger partial charge in [-0.05, 0) is 31.5 Å². The lowest BCUT2D eigenvalue weighted by molar-refractivity contribution is 0.0951. The summed E-state index contributed by atoms with van der Waals surface area (Å²) in [6.07, 6.45) is 4.39. The van der Waals surface area contributed by atoms with Crippen LogP contribution in [0.1, 0.15) is 22.3 Å². The minimum atomic E-state index is -0.0539. The number of benzene rings is 1. The zero-order valence-electron chi connectivity index (χ0n) is 15.6. The zero-order chi connectivity index (χ0) is 17.5. The van der Waals surface area contributed by atoms with Crippen molar-refractivity contribution in [3.8, 4) is 11.1 Å². The second kappa shape index (κ2) is 11.9. The third-order valence-corrected chi connectivity index (χ3v) is 4.53. The maximum atomic E-state index is 12.4. The van der Waals surface area contributed by atoms with Crippen LogP contribution in [0.4, 0.5) is 0 Å². The van der Waals surface area contributed by atoms with Crippen LogP contribution in [0.15, 0.2) is 42.7 Å². The van der Waals surface area contributed by atoms with Crippen LogP contribution >= 0.6 is 24.8 Å². The van der Waals surface area contributed by atoms with Gasteiger partial charge in [-0.2, -0.15) is 0 Å². The highest BCUT2D eigenvalue weighted by Crippen LogP contribution is 2.19. The molecule has 2 aromatic rings. The normalized spacial score (nSPS) is 14.0. The average molecular weight is 411 g/mol. The molecule has 1 aliphatic rings. The number of piperazine rings is 1. The van der Waals surface area contributed by atoms with Gasteiger partial charge in [0.2, 0.25) is 0 Å². The van der Waals surface area contributed by atoms with Gasteiger partial charge in [-0.3, -0.25) is 9.78 Å². The van der Waals surface area contributed by atoms with Crippen molar-refractivity contribution in [3.05, 3.63) is 53.9 Å². The Bertz CT molecular complexity index is 703. The number of nitrogens with one attached hydrogen (secondary N) is 2. The Morgan fingerprint density at radius 1 is 1.11 bits per heavy atom. The minimum Gasteiger partial charge on any atom is -0.352 e. The van der Waals surface area contributed by atoms with Crippen molar-refractivity contribution < 1.29 is 4.79 Å². The first kappa shape index (κ1) is 23.4. The molecule has 0 atom stereocenters. The fourth-order valence-corrected chi connectivity index (χ4v) is 3.01. The fourth-order valence-electron chi connectivity index (χ4n) is 3.01. The number of pyridine rings is 1. The zero-order valence-corrected chi connectivity index (χ0v) is 17.2. The van der Waals surface area contributed by atoms with Crippen molar-refractivity contribution in [2.75, 3.05) is 39.3 Å². The highest BCUT2D eigenvalue weighted by molar-refractivity contribution is 5.95. The van der Waals surface area contributed by atoms with E-state index in [1.807, 2.05) is 6.07 Å². The molecule has 0 bridgehead atoms. The van der Waals surface area contributed by atoms with E-state index in [2.05, 4.69) is 51.7 Å². The van der Waals surface area contributed by atoms with Gasteiger partial charge in [0.15, 0.2) is 0 Å². The summed E-state index contributed by atoms with van der Waals surface area (Å²) in [7, 11) is 0. The Kier molecular flexibility index (Phi) is 10.3. The molecule has 148 valence electrons. The predicted molar refractivity (Wildman–Crippen MR) is 115 cm³/mol. The van der Waals surface area contributed by atoms with Gasteiger partial charge in [-0.1, -0.05) is 29.8 Å². The van der Waals surface area contributed by atoms with Crippen LogP contribution in [-0.4, -0.2) is 55.1 Å². The van der Waals surface area contributed by atoms with Gasteiger partial charge in [0.1, 0.15) is 0 Å². The molecule has 27 heavy (non-hydrogen) atoms. The number of carbonyl (C=O) groups is 1. The first-order valence-corrected chi connectivity index (χ1v) is 8.96. The first-order chi connectivity index (χ1) is 12.2. The van der Waals surface area contributed by atoms with E-state index >= 15 is 0 Å². The average Bonchev–Trinajstić information content (AvgIpc) is 2.66. The van der Waals surface area contributed by atoms with E-state index in [1.54, 1.807) is 12.4 Å². The van der Waals surface area contributed by atoms with Crippen molar-refractivity contribution in [2.24, 2.45) is 0 Å². The SMILES string of the molecule is Cc1ccc(-c2cncc(C(=O)NCCCN3CCNCC3)c2)cc1.Cl.Cl. The lowest BCUT2D eigenvalue weighted by atomic mass is 10.0. The van der Waals surface area contributed by atoms with Crippen molar-refractivity contribution >= 4 is 30.7 Å². The summed E-state index contributed by atoms with van der Waals surface area (Å²) in [6, 6.07) is 10.2. The molecule has 1 aliphatic heterocycles. The molecule has 0 aliphatic carbocycles. The van der Waals surface area contributed by atoms with Crippen molar-refractivity contribution in [2.45, 2.75) is 13.3 Å². The third kappa shape index (κ3) is 7.11. The van der Waals surface area contributed by atoms with Gasteiger partial charge in [0.25, 0.3) is 5.91 Å². The molecule has 1 aromatic carbocycles. The van der Waals surface area contributed by atoms with Crippen LogP contribution in [0.3, 0.4) is 0 Å². The summed E-state index contributed by atoms with van der Waals surface area (Å²) >= 11 is 0. The number of halogens is 2. The standard InChI is InChI=1S/C20H26N4O.2ClH/c1-16-3-5-17(6-4-16)18-13-19(15-22-14-18)20(25)23-7-2-10-24-11-8-21-9-12-24;;/h3-6,13-15,21H,2,7-12H2,1H3,(H,23,25);2*1H. The Morgan fingerprint density at radius 2 is 1.81 bits per heavy atom. The highest BCUT2D eigenvalue weighted by Gasteiger charge is 2.10. The van der Waals surface area contributed by atoms with Gasteiger partial charge in [0.05, 0.1) is 5.56 Å². The van der Waals surface area contributed by atoms with Crippen LogP contribution in [0.5, 0.6) is 0 Å². The maximum Gasteiger partial charge on any atom is 0.252 e. The molecule has 7 heteroatoms. The number of aromatic nitrogens is 1. The summed E-state index contributed by atoms with van der Waals surface area (Å²) in [6.45, 7) is 8.09. The summed E-state index contributed by atoms with van der Waals surface area (Å²) < 4.78 is 0. The van der Waals surface area contributed by atoms with E-state index in [9.17, 15) is 4.79 Å². The molecule has 1 aromatic heterocycles. The Hall–Kier alpha value is -1.66. The smallest absolute Gasteiger partial charge is 0.252 e. The van der Waals surface area contributed by atoms with Crippen LogP contribution in [0.25, 0.3) is 11.1 Å². The summed E-state index contributed by atoms with van der Waals surface area (Å²) in [5, 5.41) is 6.35. The topological polar surface area (TPSA) is 57.3 Å². The van der Waals surface area contributed by atoms with Gasteiger partial charge < -0.3 is 15.5 Å². The molecular formula is C20H28Cl2N4O. The molecular weight excluding hydrogens is 383 g/mol. The fraction of sp³-hybridized carbons (Fsp3) is 0.400. The van der Waals surface area contributed by atoms with Crippen molar-refractivity contribution in [3.63, 3.8) is 0 Å². The molecule has 2 N–H and O–H groups in total. The van der Waals surface area contributed by atoms with E-state index < -0.39 is 0 Å². The third-order valence-electron chi connectivity index (χ3n) is 4.53. The molecule has 1 fully saturated rings. The minimum absolute atomic E-state index is 0. The molecule has 5 nitrogen and oxygen atoms in total. The molecule has 0 radical (unpaired) electrons. The van der Waals surface area contributed by atoms with Crippen molar-refractivity contribution in [1.29, 1.82) is 0 Å². The maximum absolute atomic E-state index is 12.4. The van der Waals surface area contributed by atoms with Gasteiger partial charge >= 0.3 is 0 Å². The number of hydrogen-bond acceptors (Lipinski definition) is 4. The molecule has 3 rings (SSSR count). The van der Waals surface area contributed by atoms with E-state index in [0.717, 1.165) is 50.3 Å². The molecule has 0 saturated carbocycles. The number of amides is 1. The summed E-state index contributed by atoms with van der Waals surface area (Å²) in [4.78, 5) is 19.0. The monoisotopic (exact) mass is 410 g/mol. The Balaban J connectivity index is 0.00000182. The van der Waals surface area contributed by atoms with Crippen LogP contribution in [-0.2, 0) is 0 Å². The second-order valence-electron chi connectivity index (χ2n) is 6.53. The Morgan fingerprint density at radius 3 is 2.52 bits per heavy atom. The highest BCUT2D eigenvalue weighted by atomic mass is 35.5. The number of hydrogen-bond donors (Lipinski definition) is 2. The molecule has 1 saturated heterocycles. The lowest BCUT2D eigenvalue weighted by Crippen LogP contribution is -2.44. The van der Waals surface area contributed by atoms with Crippen LogP contribution in [0, 0.1) is 6.92 Å². The summed E-state index contributed by atoms with van der Waals surface area (Å²) in [5.41, 5.74) is 3.87. The van der Waals surface area contributed by atoms with Gasteiger partial charge in [0, 0.05) is 50.7 Å². The summed E-state index contributed by atoms with van der Waals surface area (Å²) in [5.74, 6) is -0.0539. The van der Waals surface area contributed by atoms with E-state index in [4.69, 9.17) is 0 Å². The molecule has 0 unspecified atom stereocenters. The first-order valence-electron chi connectivity index (χ1n) is 8.96. The van der Waals surface area contributed by atoms with E-state index in [0.29, 0.717) is 12.1 Å². The number of carbonyl (C=O) groups excluding carboxylic acids is 1. The van der Waals surface area contributed by atoms with Crippen molar-refractivity contribution in [1.82, 2.24) is 20.5 Å². The van der Waals surface area contributed by atoms with E-state index in [-0.39, 0.29) is 30.7 Å². The Labute approximate surface area is 173 Å². The number of aryl methyl sites for hydroxylation is 1. The molecule has 1 amide bonds. The van der Waals surface area contributed by atoms with Gasteiger partial charge in [-0.25, -0.2) is 0 Å². The quantitative estimate of drug-likeness (QED) is 0.718. The van der Waals surface area contributed by atoms with Crippen LogP contribution < -0.4 is 10.6 Å². The van der Waals surface area contributed by atoms with E-state index in [1.165, 1.54) is 5.56 Å². The largest absolute Gasteiger partial charge is 0.352 e. The lowest BCUT2D eigenvalue weighted by Gasteiger charge is -2.27. The van der Waals surface area contributed by atoms with Crippen LogP contribution in [0.2, 0.25) is 0 Å². The van der Waals surface area contributed by atoms with Gasteiger partial charge in [-0.15, -0.1) is 24.8 Å². The second-order valence-corrected chi connectivity index (χ2v) is 6.53. The predicted octanol–water partition coefficient (Wildman–Crippen LogP) is 2.93. The number of nitrogens with zero attached hydrogens (tertiary/aromatic N) is 2.